The first-order valence-corrected chi connectivity index (χ1v) is 8.43. The van der Waals surface area contributed by atoms with Crippen LogP contribution in [0.2, 0.25) is 0 Å². The average molecular weight is 415 g/mol. The monoisotopic (exact) mass is 412 g/mol. The van der Waals surface area contributed by atoms with E-state index in [1.54, 1.807) is 0 Å². The summed E-state index contributed by atoms with van der Waals surface area (Å²) >= 11 is 13.2. The maximum Gasteiger partial charge on any atom is 0.0175 e. The van der Waals surface area contributed by atoms with Gasteiger partial charge in [-0.15, -0.1) is 0 Å². The van der Waals surface area contributed by atoms with E-state index in [0.717, 1.165) is 33.2 Å². The van der Waals surface area contributed by atoms with Crippen LogP contribution in [0.4, 0.5) is 0 Å². The van der Waals surface area contributed by atoms with Crippen molar-refractivity contribution in [3.8, 4) is 0 Å². The Morgan fingerprint density at radius 2 is 1.35 bits per heavy atom. The molecule has 0 unspecified atom stereocenters. The number of halogens is 3. The van der Waals surface area contributed by atoms with Crippen LogP contribution in [0.15, 0.2) is 68.6 Å². The van der Waals surface area contributed by atoms with E-state index in [-0.39, 0.29) is 0 Å². The van der Waals surface area contributed by atoms with Crippen molar-refractivity contribution in [2.45, 2.75) is 19.3 Å². The van der Waals surface area contributed by atoms with Crippen LogP contribution in [0.5, 0.6) is 0 Å². The van der Waals surface area contributed by atoms with E-state index in [0.29, 0.717) is 0 Å². The molecule has 0 saturated heterocycles. The van der Waals surface area contributed by atoms with Gasteiger partial charge in [0.25, 0.3) is 0 Å². The zero-order chi connectivity index (χ0) is 14.4. The molecular weight excluding hydrogens is 399 g/mol. The Bertz CT molecular complexity index is 571. The fraction of sp³-hybridized carbons (Fsp3) is 0.176. The summed E-state index contributed by atoms with van der Waals surface area (Å²) in [6.07, 6.45) is 4.85. The lowest BCUT2D eigenvalue weighted by atomic mass is 10.1. The maximum atomic E-state index is 6.29. The first-order valence-electron chi connectivity index (χ1n) is 6.47. The highest BCUT2D eigenvalue weighted by atomic mass is 79.9. The van der Waals surface area contributed by atoms with E-state index in [2.05, 4.69) is 86.5 Å². The highest BCUT2D eigenvalue weighted by Gasteiger charge is 1.97. The molecule has 20 heavy (non-hydrogen) atoms. The lowest BCUT2D eigenvalue weighted by molar-refractivity contribution is 0.977. The lowest BCUT2D eigenvalue weighted by Crippen LogP contribution is -1.87. The van der Waals surface area contributed by atoms with Gasteiger partial charge < -0.3 is 0 Å². The fourth-order valence-electron chi connectivity index (χ4n) is 1.87. The molecule has 2 rings (SSSR count). The summed E-state index contributed by atoms with van der Waals surface area (Å²) in [6, 6.07) is 16.7. The second-order valence-electron chi connectivity index (χ2n) is 4.61. The van der Waals surface area contributed by atoms with E-state index in [9.17, 15) is 0 Å². The maximum absolute atomic E-state index is 6.29. The predicted molar refractivity (Wildman–Crippen MR) is 94.2 cm³/mol. The topological polar surface area (TPSA) is 0 Å². The number of hydrogen-bond donors (Lipinski definition) is 0. The Labute approximate surface area is 142 Å². The molecule has 0 spiro atoms. The molecule has 0 bridgehead atoms. The largest absolute Gasteiger partial charge is 0.0895 e. The van der Waals surface area contributed by atoms with Crippen molar-refractivity contribution in [1.82, 2.24) is 0 Å². The van der Waals surface area contributed by atoms with Crippen LogP contribution in [0.3, 0.4) is 0 Å². The lowest BCUT2D eigenvalue weighted by Gasteiger charge is -2.02. The van der Waals surface area contributed by atoms with Gasteiger partial charge in [0.05, 0.1) is 0 Å². The standard InChI is InChI=1S/C17H15Br2Cl/c18-15-7-1-13(2-8-15)5-11-17(20)12-6-14-3-9-16(19)10-4-14/h1-4,7-11H,5-6,12H2. The minimum atomic E-state index is 0.881. The molecule has 0 aliphatic heterocycles. The summed E-state index contributed by atoms with van der Waals surface area (Å²) in [5.74, 6) is 0. The molecule has 2 aromatic carbocycles. The molecular formula is C17H15Br2Cl. The Kier molecular flexibility index (Phi) is 6.34. The Hall–Kier alpha value is -0.570. The molecule has 0 heterocycles. The molecule has 0 aromatic heterocycles. The van der Waals surface area contributed by atoms with E-state index < -0.39 is 0 Å². The van der Waals surface area contributed by atoms with Crippen molar-refractivity contribution in [1.29, 1.82) is 0 Å². The number of aryl methyl sites for hydroxylation is 1. The molecule has 0 radical (unpaired) electrons. The second kappa shape index (κ2) is 8.02. The average Bonchev–Trinajstić information content (AvgIpc) is 2.46. The zero-order valence-corrected chi connectivity index (χ0v) is 14.9. The third-order valence-electron chi connectivity index (χ3n) is 3.04. The van der Waals surface area contributed by atoms with Crippen LogP contribution in [-0.2, 0) is 12.8 Å². The van der Waals surface area contributed by atoms with Crippen LogP contribution in [-0.4, -0.2) is 0 Å². The summed E-state index contributed by atoms with van der Waals surface area (Å²) in [5.41, 5.74) is 2.58. The SMILES string of the molecule is ClC(=CCc1ccc(Br)cc1)CCc1ccc(Br)cc1. The molecule has 0 nitrogen and oxygen atoms in total. The minimum absolute atomic E-state index is 0.881. The fourth-order valence-corrected chi connectivity index (χ4v) is 2.57. The van der Waals surface area contributed by atoms with Crippen molar-refractivity contribution >= 4 is 43.5 Å². The predicted octanol–water partition coefficient (Wildman–Crippen LogP) is 6.51. The summed E-state index contributed by atoms with van der Waals surface area (Å²) in [6.45, 7) is 0. The summed E-state index contributed by atoms with van der Waals surface area (Å²) in [4.78, 5) is 0. The number of rotatable bonds is 5. The molecule has 0 aliphatic carbocycles. The van der Waals surface area contributed by atoms with Gasteiger partial charge in [-0.3, -0.25) is 0 Å². The van der Waals surface area contributed by atoms with Crippen molar-refractivity contribution in [3.63, 3.8) is 0 Å². The number of benzene rings is 2. The summed E-state index contributed by atoms with van der Waals surface area (Å²) < 4.78 is 2.21. The molecule has 2 aromatic rings. The molecule has 0 amide bonds. The van der Waals surface area contributed by atoms with Crippen molar-refractivity contribution < 1.29 is 0 Å². The van der Waals surface area contributed by atoms with Gasteiger partial charge in [0.1, 0.15) is 0 Å². The Morgan fingerprint density at radius 1 is 0.850 bits per heavy atom. The van der Waals surface area contributed by atoms with Crippen LogP contribution in [0.1, 0.15) is 17.5 Å². The number of allylic oxidation sites excluding steroid dienone is 2. The molecule has 104 valence electrons. The highest BCUT2D eigenvalue weighted by molar-refractivity contribution is 9.10. The van der Waals surface area contributed by atoms with Crippen molar-refractivity contribution in [3.05, 3.63) is 79.7 Å². The van der Waals surface area contributed by atoms with E-state index in [1.807, 2.05) is 0 Å². The van der Waals surface area contributed by atoms with Gasteiger partial charge in [-0.05, 0) is 54.7 Å². The quantitative estimate of drug-likeness (QED) is 0.523. The van der Waals surface area contributed by atoms with Crippen LogP contribution >= 0.6 is 43.5 Å². The zero-order valence-electron chi connectivity index (χ0n) is 11.0. The first kappa shape index (κ1) is 15.8. The van der Waals surface area contributed by atoms with Crippen molar-refractivity contribution in [2.24, 2.45) is 0 Å². The first-order chi connectivity index (χ1) is 9.63. The van der Waals surface area contributed by atoms with Crippen molar-refractivity contribution in [2.75, 3.05) is 0 Å². The van der Waals surface area contributed by atoms with Gasteiger partial charge in [-0.2, -0.15) is 0 Å². The van der Waals surface area contributed by atoms with Gasteiger partial charge in [0, 0.05) is 14.0 Å². The molecule has 0 atom stereocenters. The molecule has 3 heteroatoms. The Balaban J connectivity index is 1.84. The van der Waals surface area contributed by atoms with E-state index in [1.165, 1.54) is 11.1 Å². The van der Waals surface area contributed by atoms with E-state index in [4.69, 9.17) is 11.6 Å². The molecule has 0 aliphatic rings. The van der Waals surface area contributed by atoms with Crippen LogP contribution in [0.25, 0.3) is 0 Å². The van der Waals surface area contributed by atoms with Crippen LogP contribution < -0.4 is 0 Å². The summed E-state index contributed by atoms with van der Waals surface area (Å²) in [5, 5.41) is 0.927. The third kappa shape index (κ3) is 5.43. The van der Waals surface area contributed by atoms with Gasteiger partial charge in [-0.1, -0.05) is 73.8 Å². The third-order valence-corrected chi connectivity index (χ3v) is 4.44. The smallest absolute Gasteiger partial charge is 0.0175 e. The Morgan fingerprint density at radius 3 is 1.90 bits per heavy atom. The van der Waals surface area contributed by atoms with Gasteiger partial charge in [0.15, 0.2) is 0 Å². The van der Waals surface area contributed by atoms with Gasteiger partial charge >= 0.3 is 0 Å². The molecule has 0 N–H and O–H groups in total. The molecule has 0 saturated carbocycles. The normalized spacial score (nSPS) is 11.7. The van der Waals surface area contributed by atoms with E-state index >= 15 is 0 Å². The molecule has 0 fully saturated rings. The van der Waals surface area contributed by atoms with Gasteiger partial charge in [-0.25, -0.2) is 0 Å². The van der Waals surface area contributed by atoms with Crippen LogP contribution in [0, 0.1) is 0 Å². The highest BCUT2D eigenvalue weighted by Crippen LogP contribution is 2.17. The minimum Gasteiger partial charge on any atom is -0.0895 e. The second-order valence-corrected chi connectivity index (χ2v) is 6.92. The number of hydrogen-bond acceptors (Lipinski definition) is 0. The summed E-state index contributed by atoms with van der Waals surface area (Å²) in [7, 11) is 0. The van der Waals surface area contributed by atoms with Gasteiger partial charge in [0.2, 0.25) is 0 Å².